The lowest BCUT2D eigenvalue weighted by atomic mass is 10.1. The van der Waals surface area contributed by atoms with Crippen LogP contribution in [-0.4, -0.2) is 5.91 Å². The molecule has 21 heavy (non-hydrogen) atoms. The zero-order valence-corrected chi connectivity index (χ0v) is 14.5. The van der Waals surface area contributed by atoms with E-state index in [0.29, 0.717) is 6.42 Å². The number of carbonyl (C=O) groups excluding carboxylic acids is 1. The maximum atomic E-state index is 11.6. The van der Waals surface area contributed by atoms with Gasteiger partial charge in [-0.25, -0.2) is 0 Å². The zero-order valence-electron chi connectivity index (χ0n) is 13.7. The van der Waals surface area contributed by atoms with Crippen molar-refractivity contribution in [2.24, 2.45) is 0 Å². The Morgan fingerprint density at radius 1 is 1.05 bits per heavy atom. The monoisotopic (exact) mass is 310 g/mol. The fourth-order valence-corrected chi connectivity index (χ4v) is 2.37. The number of benzene rings is 1. The fourth-order valence-electron chi connectivity index (χ4n) is 1.77. The van der Waals surface area contributed by atoms with Gasteiger partial charge in [0.1, 0.15) is 0 Å². The Morgan fingerprint density at radius 3 is 2.24 bits per heavy atom. The molecule has 0 saturated carbocycles. The Morgan fingerprint density at radius 2 is 1.62 bits per heavy atom. The van der Waals surface area contributed by atoms with E-state index in [4.69, 9.17) is 5.73 Å². The third-order valence-corrected chi connectivity index (χ3v) is 3.76. The number of unbranched alkanes of at least 4 members (excludes halogenated alkanes) is 5. The predicted molar refractivity (Wildman–Crippen MR) is 94.2 cm³/mol. The van der Waals surface area contributed by atoms with Crippen LogP contribution in [0, 0.1) is 0 Å². The second kappa shape index (κ2) is 13.8. The predicted octanol–water partition coefficient (Wildman–Crippen LogP) is 5.17. The number of hydrogen-bond acceptors (Lipinski definition) is 3. The first-order chi connectivity index (χ1) is 10.2. The zero-order chi connectivity index (χ0) is 15.9. The molecule has 0 aliphatic carbocycles. The maximum Gasteiger partial charge on any atom is 0.230 e. The average Bonchev–Trinajstić information content (AvgIpc) is 2.52. The molecule has 0 aromatic heterocycles. The minimum atomic E-state index is 0.109. The van der Waals surface area contributed by atoms with E-state index in [1.165, 1.54) is 37.6 Å². The molecule has 0 radical (unpaired) electrons. The summed E-state index contributed by atoms with van der Waals surface area (Å²) in [4.78, 5) is 12.6. The number of nitrogen functional groups attached to an aromatic ring is 1. The van der Waals surface area contributed by atoms with E-state index in [2.05, 4.69) is 11.6 Å². The number of hydrogen-bond donors (Lipinski definition) is 2. The third kappa shape index (κ3) is 11.2. The van der Waals surface area contributed by atoms with Crippen LogP contribution < -0.4 is 10.5 Å². The first-order valence-corrected chi connectivity index (χ1v) is 8.85. The van der Waals surface area contributed by atoms with Gasteiger partial charge >= 0.3 is 0 Å². The summed E-state index contributed by atoms with van der Waals surface area (Å²) in [5.74, 6) is 0.109. The van der Waals surface area contributed by atoms with Gasteiger partial charge in [-0.15, -0.1) is 0 Å². The molecule has 0 spiro atoms. The summed E-state index contributed by atoms with van der Waals surface area (Å²) in [6.45, 7) is 6.21. The van der Waals surface area contributed by atoms with Crippen LogP contribution >= 0.6 is 11.9 Å². The van der Waals surface area contributed by atoms with E-state index < -0.39 is 0 Å². The highest BCUT2D eigenvalue weighted by Crippen LogP contribution is 2.16. The van der Waals surface area contributed by atoms with E-state index in [0.717, 1.165) is 23.4 Å². The van der Waals surface area contributed by atoms with Crippen LogP contribution in [0.4, 0.5) is 5.69 Å². The van der Waals surface area contributed by atoms with Crippen molar-refractivity contribution in [2.45, 2.75) is 70.6 Å². The summed E-state index contributed by atoms with van der Waals surface area (Å²) in [6.07, 6.45) is 7.86. The molecule has 1 aromatic rings. The Hall–Kier alpha value is -1.16. The Labute approximate surface area is 134 Å². The summed E-state index contributed by atoms with van der Waals surface area (Å²) in [6, 6.07) is 7.49. The van der Waals surface area contributed by atoms with Crippen molar-refractivity contribution in [2.75, 3.05) is 5.73 Å². The molecule has 0 atom stereocenters. The van der Waals surface area contributed by atoms with Crippen molar-refractivity contribution in [3.8, 4) is 0 Å². The van der Waals surface area contributed by atoms with Crippen LogP contribution in [0.25, 0.3) is 0 Å². The van der Waals surface area contributed by atoms with Crippen molar-refractivity contribution < 1.29 is 4.79 Å². The minimum Gasteiger partial charge on any atom is -0.399 e. The number of anilines is 1. The van der Waals surface area contributed by atoms with E-state index in [1.54, 1.807) is 0 Å². The van der Waals surface area contributed by atoms with E-state index in [9.17, 15) is 4.79 Å². The highest BCUT2D eigenvalue weighted by atomic mass is 32.2. The van der Waals surface area contributed by atoms with E-state index >= 15 is 0 Å². The van der Waals surface area contributed by atoms with Crippen LogP contribution in [0.15, 0.2) is 29.2 Å². The molecule has 0 aliphatic rings. The Balaban J connectivity index is 0.00000191. The maximum absolute atomic E-state index is 11.6. The molecule has 1 amide bonds. The first kappa shape index (κ1) is 19.8. The quantitative estimate of drug-likeness (QED) is 0.376. The molecule has 0 bridgehead atoms. The van der Waals surface area contributed by atoms with Gasteiger partial charge in [-0.1, -0.05) is 52.9 Å². The van der Waals surface area contributed by atoms with Gasteiger partial charge in [-0.3, -0.25) is 9.52 Å². The van der Waals surface area contributed by atoms with Gasteiger partial charge in [0.15, 0.2) is 0 Å². The first-order valence-electron chi connectivity index (χ1n) is 8.03. The lowest BCUT2D eigenvalue weighted by molar-refractivity contribution is -0.119. The molecule has 4 heteroatoms. The highest BCUT2D eigenvalue weighted by Gasteiger charge is 2.02. The molecule has 3 N–H and O–H groups in total. The van der Waals surface area contributed by atoms with Gasteiger partial charge in [0.25, 0.3) is 0 Å². The standard InChI is InChI=1S/C15H24N2OS.C2H6/c1-2-3-4-5-6-7-8-15(18)17-19-14-11-9-13(16)10-12-14;1-2/h9-12H,2-8,16H2,1H3,(H,17,18);1-2H3. The van der Waals surface area contributed by atoms with Gasteiger partial charge in [-0.2, -0.15) is 0 Å². The van der Waals surface area contributed by atoms with Crippen LogP contribution in [-0.2, 0) is 4.79 Å². The molecule has 0 aliphatic heterocycles. The van der Waals surface area contributed by atoms with Crippen LogP contribution in [0.3, 0.4) is 0 Å². The third-order valence-electron chi connectivity index (χ3n) is 2.92. The molecule has 0 unspecified atom stereocenters. The lowest BCUT2D eigenvalue weighted by Crippen LogP contribution is -2.14. The summed E-state index contributed by atoms with van der Waals surface area (Å²) in [7, 11) is 0. The molecule has 1 aromatic carbocycles. The number of nitrogens with one attached hydrogen (secondary N) is 1. The highest BCUT2D eigenvalue weighted by molar-refractivity contribution is 7.98. The van der Waals surface area contributed by atoms with Gasteiger partial charge in [0.05, 0.1) is 0 Å². The van der Waals surface area contributed by atoms with Crippen LogP contribution in [0.1, 0.15) is 65.7 Å². The van der Waals surface area contributed by atoms with Crippen molar-refractivity contribution in [3.63, 3.8) is 0 Å². The van der Waals surface area contributed by atoms with E-state index in [1.807, 2.05) is 38.1 Å². The Kier molecular flexibility index (Phi) is 13.0. The molecular weight excluding hydrogens is 280 g/mol. The summed E-state index contributed by atoms with van der Waals surface area (Å²) in [5.41, 5.74) is 6.34. The average molecular weight is 311 g/mol. The summed E-state index contributed by atoms with van der Waals surface area (Å²) in [5, 5.41) is 0. The fraction of sp³-hybridized carbons (Fsp3) is 0.588. The molecule has 120 valence electrons. The number of amides is 1. The second-order valence-corrected chi connectivity index (χ2v) is 5.59. The smallest absolute Gasteiger partial charge is 0.230 e. The number of carbonyl (C=O) groups is 1. The molecule has 0 fully saturated rings. The normalized spacial score (nSPS) is 9.67. The summed E-state index contributed by atoms with van der Waals surface area (Å²) >= 11 is 1.35. The van der Waals surface area contributed by atoms with Crippen LogP contribution in [0.2, 0.25) is 0 Å². The second-order valence-electron chi connectivity index (χ2n) is 4.71. The topological polar surface area (TPSA) is 55.1 Å². The minimum absolute atomic E-state index is 0.109. The Bertz CT molecular complexity index is 366. The molecule has 1 rings (SSSR count). The SMILES string of the molecule is CC.CCCCCCCCC(=O)NSc1ccc(N)cc1. The lowest BCUT2D eigenvalue weighted by Gasteiger charge is -2.04. The van der Waals surface area contributed by atoms with Crippen molar-refractivity contribution in [1.82, 2.24) is 4.72 Å². The van der Waals surface area contributed by atoms with Crippen molar-refractivity contribution in [3.05, 3.63) is 24.3 Å². The molecular formula is C17H30N2OS. The van der Waals surface area contributed by atoms with Crippen molar-refractivity contribution in [1.29, 1.82) is 0 Å². The van der Waals surface area contributed by atoms with Gasteiger partial charge in [-0.05, 0) is 42.6 Å². The molecule has 0 heterocycles. The largest absolute Gasteiger partial charge is 0.399 e. The molecule has 0 saturated heterocycles. The number of rotatable bonds is 9. The van der Waals surface area contributed by atoms with Crippen molar-refractivity contribution >= 4 is 23.5 Å². The van der Waals surface area contributed by atoms with Crippen LogP contribution in [0.5, 0.6) is 0 Å². The molecule has 3 nitrogen and oxygen atoms in total. The van der Waals surface area contributed by atoms with Gasteiger partial charge in [0, 0.05) is 17.0 Å². The van der Waals surface area contributed by atoms with Gasteiger partial charge in [0.2, 0.25) is 5.91 Å². The summed E-state index contributed by atoms with van der Waals surface area (Å²) < 4.78 is 2.86. The van der Waals surface area contributed by atoms with Gasteiger partial charge < -0.3 is 5.73 Å². The number of nitrogens with two attached hydrogens (primary N) is 1. The van der Waals surface area contributed by atoms with E-state index in [-0.39, 0.29) is 5.91 Å².